The second kappa shape index (κ2) is 5.35. The van der Waals surface area contributed by atoms with Crippen molar-refractivity contribution in [3.05, 3.63) is 12.4 Å². The standard InChI is InChI=1S/C9H16N4O2/c1-7(2-3-14)12-9(15)6-13-5-8(10)4-11-13/h4-5,7,14H,2-3,6,10H2,1H3,(H,12,15). The lowest BCUT2D eigenvalue weighted by atomic mass is 10.2. The van der Waals surface area contributed by atoms with Crippen LogP contribution in [0.1, 0.15) is 13.3 Å². The first-order chi connectivity index (χ1) is 7.11. The maximum absolute atomic E-state index is 11.4. The molecule has 1 heterocycles. The predicted octanol–water partition coefficient (Wildman–Crippen LogP) is -0.648. The van der Waals surface area contributed by atoms with E-state index in [4.69, 9.17) is 10.8 Å². The molecule has 84 valence electrons. The van der Waals surface area contributed by atoms with Gasteiger partial charge in [0, 0.05) is 18.8 Å². The minimum atomic E-state index is -0.140. The van der Waals surface area contributed by atoms with Crippen molar-refractivity contribution in [2.24, 2.45) is 0 Å². The highest BCUT2D eigenvalue weighted by atomic mass is 16.3. The van der Waals surface area contributed by atoms with Gasteiger partial charge in [-0.2, -0.15) is 5.10 Å². The van der Waals surface area contributed by atoms with Crippen LogP contribution in [-0.2, 0) is 11.3 Å². The number of aliphatic hydroxyl groups is 1. The van der Waals surface area contributed by atoms with Gasteiger partial charge in [0.2, 0.25) is 5.91 Å². The zero-order valence-corrected chi connectivity index (χ0v) is 8.68. The molecule has 0 aliphatic rings. The third-order valence-electron chi connectivity index (χ3n) is 1.93. The minimum absolute atomic E-state index is 0.0320. The van der Waals surface area contributed by atoms with E-state index in [1.807, 2.05) is 6.92 Å². The van der Waals surface area contributed by atoms with Gasteiger partial charge in [-0.25, -0.2) is 0 Å². The summed E-state index contributed by atoms with van der Waals surface area (Å²) in [6.07, 6.45) is 3.63. The highest BCUT2D eigenvalue weighted by Gasteiger charge is 2.07. The number of rotatable bonds is 5. The SMILES string of the molecule is CC(CCO)NC(=O)Cn1cc(N)cn1. The number of nitrogen functional groups attached to an aromatic ring is 1. The van der Waals surface area contributed by atoms with Gasteiger partial charge in [-0.3, -0.25) is 9.48 Å². The van der Waals surface area contributed by atoms with Crippen LogP contribution in [0.4, 0.5) is 5.69 Å². The number of amides is 1. The Bertz CT molecular complexity index is 324. The van der Waals surface area contributed by atoms with Gasteiger partial charge in [-0.1, -0.05) is 0 Å². The number of nitrogens with two attached hydrogens (primary N) is 1. The summed E-state index contributed by atoms with van der Waals surface area (Å²) in [7, 11) is 0. The zero-order valence-electron chi connectivity index (χ0n) is 8.68. The number of anilines is 1. The van der Waals surface area contributed by atoms with Gasteiger partial charge in [0.15, 0.2) is 0 Å². The molecule has 0 aliphatic carbocycles. The molecule has 0 aromatic carbocycles. The number of aromatic nitrogens is 2. The summed E-state index contributed by atoms with van der Waals surface area (Å²) in [5, 5.41) is 15.3. The van der Waals surface area contributed by atoms with Gasteiger partial charge in [-0.15, -0.1) is 0 Å². The van der Waals surface area contributed by atoms with Crippen LogP contribution >= 0.6 is 0 Å². The molecule has 6 nitrogen and oxygen atoms in total. The summed E-state index contributed by atoms with van der Waals surface area (Å²) in [6.45, 7) is 2.05. The van der Waals surface area contributed by atoms with Crippen LogP contribution in [0, 0.1) is 0 Å². The molecule has 1 amide bonds. The molecule has 0 spiro atoms. The van der Waals surface area contributed by atoms with Crippen molar-refractivity contribution >= 4 is 11.6 Å². The van der Waals surface area contributed by atoms with E-state index in [0.29, 0.717) is 12.1 Å². The summed E-state index contributed by atoms with van der Waals surface area (Å²) >= 11 is 0. The monoisotopic (exact) mass is 212 g/mol. The average Bonchev–Trinajstić information content (AvgIpc) is 2.51. The molecule has 0 aliphatic heterocycles. The number of nitrogens with zero attached hydrogens (tertiary/aromatic N) is 2. The van der Waals surface area contributed by atoms with Crippen molar-refractivity contribution in [2.75, 3.05) is 12.3 Å². The molecule has 0 fully saturated rings. The quantitative estimate of drug-likeness (QED) is 0.604. The molecule has 1 atom stereocenters. The maximum atomic E-state index is 11.4. The van der Waals surface area contributed by atoms with E-state index in [1.54, 1.807) is 6.20 Å². The van der Waals surface area contributed by atoms with Crippen molar-refractivity contribution in [1.29, 1.82) is 0 Å². The molecule has 1 aromatic heterocycles. The molecule has 0 bridgehead atoms. The van der Waals surface area contributed by atoms with Gasteiger partial charge in [0.05, 0.1) is 11.9 Å². The summed E-state index contributed by atoms with van der Waals surface area (Å²) in [6, 6.07) is -0.0320. The number of hydrogen-bond donors (Lipinski definition) is 3. The fourth-order valence-electron chi connectivity index (χ4n) is 1.20. The Morgan fingerprint density at radius 2 is 2.53 bits per heavy atom. The van der Waals surface area contributed by atoms with Crippen molar-refractivity contribution in [1.82, 2.24) is 15.1 Å². The molecule has 0 radical (unpaired) electrons. The Kier molecular flexibility index (Phi) is 4.11. The molecule has 15 heavy (non-hydrogen) atoms. The Morgan fingerprint density at radius 1 is 1.80 bits per heavy atom. The fraction of sp³-hybridized carbons (Fsp3) is 0.556. The Labute approximate surface area is 88.1 Å². The maximum Gasteiger partial charge on any atom is 0.241 e. The summed E-state index contributed by atoms with van der Waals surface area (Å²) < 4.78 is 1.47. The number of carbonyl (C=O) groups is 1. The number of carbonyl (C=O) groups excluding carboxylic acids is 1. The van der Waals surface area contributed by atoms with Crippen LogP contribution in [-0.4, -0.2) is 33.4 Å². The van der Waals surface area contributed by atoms with E-state index in [1.165, 1.54) is 10.9 Å². The fourth-order valence-corrected chi connectivity index (χ4v) is 1.20. The predicted molar refractivity (Wildman–Crippen MR) is 55.9 cm³/mol. The lowest BCUT2D eigenvalue weighted by Gasteiger charge is -2.11. The van der Waals surface area contributed by atoms with Crippen LogP contribution < -0.4 is 11.1 Å². The molecule has 0 saturated carbocycles. The van der Waals surface area contributed by atoms with Crippen LogP contribution in [0.15, 0.2) is 12.4 Å². The Balaban J connectivity index is 2.36. The highest BCUT2D eigenvalue weighted by Crippen LogP contribution is 1.97. The normalized spacial score (nSPS) is 12.4. The van der Waals surface area contributed by atoms with Gasteiger partial charge in [-0.05, 0) is 13.3 Å². The van der Waals surface area contributed by atoms with Crippen LogP contribution in [0.5, 0.6) is 0 Å². The van der Waals surface area contributed by atoms with Gasteiger partial charge < -0.3 is 16.2 Å². The zero-order chi connectivity index (χ0) is 11.3. The molecular formula is C9H16N4O2. The molecule has 4 N–H and O–H groups in total. The van der Waals surface area contributed by atoms with E-state index < -0.39 is 0 Å². The van der Waals surface area contributed by atoms with Crippen molar-refractivity contribution in [3.63, 3.8) is 0 Å². The first kappa shape index (κ1) is 11.5. The Hall–Kier alpha value is -1.56. The van der Waals surface area contributed by atoms with Gasteiger partial charge in [0.25, 0.3) is 0 Å². The highest BCUT2D eigenvalue weighted by molar-refractivity contribution is 5.75. The second-order valence-corrected chi connectivity index (χ2v) is 3.45. The van der Waals surface area contributed by atoms with Crippen molar-refractivity contribution in [3.8, 4) is 0 Å². The van der Waals surface area contributed by atoms with E-state index in [2.05, 4.69) is 10.4 Å². The summed E-state index contributed by atoms with van der Waals surface area (Å²) in [5.41, 5.74) is 5.99. The number of hydrogen-bond acceptors (Lipinski definition) is 4. The molecule has 1 aromatic rings. The molecule has 6 heteroatoms. The molecule has 1 unspecified atom stereocenters. The second-order valence-electron chi connectivity index (χ2n) is 3.45. The Morgan fingerprint density at radius 3 is 3.07 bits per heavy atom. The lowest BCUT2D eigenvalue weighted by molar-refractivity contribution is -0.122. The number of aliphatic hydroxyl groups excluding tert-OH is 1. The molecule has 0 saturated heterocycles. The molecule has 1 rings (SSSR count). The summed E-state index contributed by atoms with van der Waals surface area (Å²) in [5.74, 6) is -0.140. The van der Waals surface area contributed by atoms with E-state index in [0.717, 1.165) is 0 Å². The van der Waals surface area contributed by atoms with E-state index in [9.17, 15) is 4.79 Å². The van der Waals surface area contributed by atoms with Crippen molar-refractivity contribution in [2.45, 2.75) is 25.9 Å². The smallest absolute Gasteiger partial charge is 0.241 e. The van der Waals surface area contributed by atoms with Gasteiger partial charge >= 0.3 is 0 Å². The lowest BCUT2D eigenvalue weighted by Crippen LogP contribution is -2.35. The van der Waals surface area contributed by atoms with Crippen molar-refractivity contribution < 1.29 is 9.90 Å². The minimum Gasteiger partial charge on any atom is -0.396 e. The van der Waals surface area contributed by atoms with Gasteiger partial charge in [0.1, 0.15) is 6.54 Å². The average molecular weight is 212 g/mol. The van der Waals surface area contributed by atoms with E-state index >= 15 is 0 Å². The topological polar surface area (TPSA) is 93.2 Å². The third kappa shape index (κ3) is 3.99. The van der Waals surface area contributed by atoms with Crippen LogP contribution in [0.25, 0.3) is 0 Å². The van der Waals surface area contributed by atoms with Crippen LogP contribution in [0.2, 0.25) is 0 Å². The first-order valence-electron chi connectivity index (χ1n) is 4.80. The largest absolute Gasteiger partial charge is 0.396 e. The van der Waals surface area contributed by atoms with Crippen LogP contribution in [0.3, 0.4) is 0 Å². The molecular weight excluding hydrogens is 196 g/mol. The third-order valence-corrected chi connectivity index (χ3v) is 1.93. The summed E-state index contributed by atoms with van der Waals surface area (Å²) in [4.78, 5) is 11.4. The van der Waals surface area contributed by atoms with E-state index in [-0.39, 0.29) is 25.1 Å². The first-order valence-corrected chi connectivity index (χ1v) is 4.80. The number of nitrogens with one attached hydrogen (secondary N) is 1.